The minimum absolute atomic E-state index is 0.0299. The highest BCUT2D eigenvalue weighted by molar-refractivity contribution is 5.78. The number of fused-ring (bicyclic) bond motifs is 1. The lowest BCUT2D eigenvalue weighted by Crippen LogP contribution is -2.46. The van der Waals surface area contributed by atoms with Gasteiger partial charge in [-0.3, -0.25) is 14.6 Å². The van der Waals surface area contributed by atoms with Gasteiger partial charge < -0.3 is 19.2 Å². The lowest BCUT2D eigenvalue weighted by Gasteiger charge is -2.28. The van der Waals surface area contributed by atoms with Crippen molar-refractivity contribution < 1.29 is 23.8 Å². The Morgan fingerprint density at radius 1 is 1.20 bits per heavy atom. The first-order valence-corrected chi connectivity index (χ1v) is 10.8. The van der Waals surface area contributed by atoms with E-state index in [1.165, 1.54) is 0 Å². The molecule has 0 aromatic carbocycles. The van der Waals surface area contributed by atoms with Crippen molar-refractivity contribution >= 4 is 12.0 Å². The number of carbonyl (C=O) groups excluding carboxylic acids is 2. The van der Waals surface area contributed by atoms with Crippen LogP contribution in [0.5, 0.6) is 0 Å². The van der Waals surface area contributed by atoms with Crippen LogP contribution in [0.25, 0.3) is 0 Å². The van der Waals surface area contributed by atoms with Crippen LogP contribution in [0.1, 0.15) is 57.2 Å². The van der Waals surface area contributed by atoms with Gasteiger partial charge in [0, 0.05) is 32.1 Å². The van der Waals surface area contributed by atoms with Gasteiger partial charge in [0.15, 0.2) is 0 Å². The quantitative estimate of drug-likeness (QED) is 0.718. The fourth-order valence-corrected chi connectivity index (χ4v) is 4.78. The van der Waals surface area contributed by atoms with Gasteiger partial charge in [0.2, 0.25) is 17.7 Å². The molecule has 0 bridgehead atoms. The first-order chi connectivity index (χ1) is 14.3. The van der Waals surface area contributed by atoms with Crippen molar-refractivity contribution in [3.05, 3.63) is 11.8 Å². The Balaban J connectivity index is 1.19. The SMILES string of the molecule is CC(C)(O)CC(=O)N1CCC(N2C(=O)O[C@H]3CN(Cc4nnc(C5CC5)o4)C[C@H]32)C1. The van der Waals surface area contributed by atoms with Crippen LogP contribution >= 0.6 is 0 Å². The van der Waals surface area contributed by atoms with Crippen molar-refractivity contribution in [1.82, 2.24) is 24.9 Å². The van der Waals surface area contributed by atoms with Gasteiger partial charge in [-0.2, -0.15) is 0 Å². The van der Waals surface area contributed by atoms with Crippen LogP contribution in [0.2, 0.25) is 0 Å². The van der Waals surface area contributed by atoms with E-state index < -0.39 is 5.60 Å². The van der Waals surface area contributed by atoms with Crippen molar-refractivity contribution in [2.45, 2.75) is 75.8 Å². The minimum atomic E-state index is -1.03. The maximum atomic E-state index is 12.5. The summed E-state index contributed by atoms with van der Waals surface area (Å²) >= 11 is 0. The van der Waals surface area contributed by atoms with Crippen molar-refractivity contribution in [1.29, 1.82) is 0 Å². The molecule has 4 aliphatic rings. The van der Waals surface area contributed by atoms with Gasteiger partial charge in [0.05, 0.1) is 30.7 Å². The van der Waals surface area contributed by atoms with E-state index in [1.807, 2.05) is 4.90 Å². The molecule has 3 aliphatic heterocycles. The lowest BCUT2D eigenvalue weighted by molar-refractivity contribution is -0.134. The Morgan fingerprint density at radius 3 is 2.73 bits per heavy atom. The molecule has 0 spiro atoms. The van der Waals surface area contributed by atoms with Crippen LogP contribution < -0.4 is 0 Å². The molecule has 30 heavy (non-hydrogen) atoms. The molecule has 10 heteroatoms. The topological polar surface area (TPSA) is 112 Å². The zero-order valence-electron chi connectivity index (χ0n) is 17.5. The van der Waals surface area contributed by atoms with E-state index in [1.54, 1.807) is 18.7 Å². The van der Waals surface area contributed by atoms with Crippen LogP contribution in [-0.2, 0) is 16.1 Å². The molecule has 1 aliphatic carbocycles. The summed E-state index contributed by atoms with van der Waals surface area (Å²) in [6.45, 7) is 6.22. The maximum Gasteiger partial charge on any atom is 0.410 e. The molecule has 1 saturated carbocycles. The average molecular weight is 419 g/mol. The van der Waals surface area contributed by atoms with Gasteiger partial charge >= 0.3 is 6.09 Å². The molecule has 1 N–H and O–H groups in total. The summed E-state index contributed by atoms with van der Waals surface area (Å²) in [4.78, 5) is 30.7. The Hall–Kier alpha value is -2.20. The summed E-state index contributed by atoms with van der Waals surface area (Å²) in [5.41, 5.74) is -1.03. The third kappa shape index (κ3) is 3.90. The number of rotatable bonds is 6. The van der Waals surface area contributed by atoms with E-state index in [2.05, 4.69) is 15.1 Å². The first kappa shape index (κ1) is 19.7. The van der Waals surface area contributed by atoms with Crippen LogP contribution in [-0.4, -0.2) is 92.0 Å². The summed E-state index contributed by atoms with van der Waals surface area (Å²) in [6, 6.07) is -0.0827. The summed E-state index contributed by atoms with van der Waals surface area (Å²) in [6.07, 6.45) is 2.58. The maximum absolute atomic E-state index is 12.5. The number of hydrogen-bond donors (Lipinski definition) is 1. The summed E-state index contributed by atoms with van der Waals surface area (Å²) in [5, 5.41) is 18.2. The molecule has 3 saturated heterocycles. The van der Waals surface area contributed by atoms with E-state index in [0.717, 1.165) is 25.2 Å². The molecular formula is C20H29N5O5. The van der Waals surface area contributed by atoms with Gasteiger partial charge in [-0.1, -0.05) is 0 Å². The molecule has 2 amide bonds. The molecule has 4 fully saturated rings. The standard InChI is InChI=1S/C20H29N5O5/c1-20(2,28)7-17(26)24-6-5-13(8-24)25-14-9-23(10-15(14)29-19(25)27)11-16-21-22-18(30-16)12-3-4-12/h12-15,28H,3-11H2,1-2H3/t13?,14-,15+/m1/s1. The first-order valence-electron chi connectivity index (χ1n) is 10.8. The number of aromatic nitrogens is 2. The van der Waals surface area contributed by atoms with Crippen molar-refractivity contribution in [3.63, 3.8) is 0 Å². The van der Waals surface area contributed by atoms with Gasteiger partial charge in [0.1, 0.15) is 6.10 Å². The second-order valence-electron chi connectivity index (χ2n) is 9.67. The van der Waals surface area contributed by atoms with E-state index in [-0.39, 0.29) is 36.6 Å². The number of aliphatic hydroxyl groups is 1. The van der Waals surface area contributed by atoms with Crippen LogP contribution in [0.4, 0.5) is 4.79 Å². The molecule has 1 unspecified atom stereocenters. The number of nitrogens with zero attached hydrogens (tertiary/aromatic N) is 5. The Morgan fingerprint density at radius 2 is 2.00 bits per heavy atom. The zero-order valence-corrected chi connectivity index (χ0v) is 17.5. The average Bonchev–Trinajstić information content (AvgIpc) is 2.98. The summed E-state index contributed by atoms with van der Waals surface area (Å²) < 4.78 is 11.4. The normalized spacial score (nSPS) is 29.6. The molecule has 3 atom stereocenters. The van der Waals surface area contributed by atoms with E-state index in [9.17, 15) is 14.7 Å². The van der Waals surface area contributed by atoms with E-state index >= 15 is 0 Å². The fourth-order valence-electron chi connectivity index (χ4n) is 4.78. The molecule has 4 heterocycles. The highest BCUT2D eigenvalue weighted by atomic mass is 16.6. The van der Waals surface area contributed by atoms with E-state index in [0.29, 0.717) is 44.5 Å². The van der Waals surface area contributed by atoms with Crippen LogP contribution in [0, 0.1) is 0 Å². The second kappa shape index (κ2) is 7.19. The van der Waals surface area contributed by atoms with Gasteiger partial charge in [0.25, 0.3) is 0 Å². The number of ether oxygens (including phenoxy) is 1. The fraction of sp³-hybridized carbons (Fsp3) is 0.800. The molecule has 1 aromatic rings. The molecule has 5 rings (SSSR count). The highest BCUT2D eigenvalue weighted by Crippen LogP contribution is 2.39. The number of carbonyl (C=O) groups is 2. The minimum Gasteiger partial charge on any atom is -0.442 e. The van der Waals surface area contributed by atoms with Crippen LogP contribution in [0.15, 0.2) is 4.42 Å². The lowest BCUT2D eigenvalue weighted by atomic mass is 10.1. The summed E-state index contributed by atoms with van der Waals surface area (Å²) in [7, 11) is 0. The molecule has 10 nitrogen and oxygen atoms in total. The Labute approximate surface area is 175 Å². The Bertz CT molecular complexity index is 832. The van der Waals surface area contributed by atoms with E-state index in [4.69, 9.17) is 9.15 Å². The highest BCUT2D eigenvalue weighted by Gasteiger charge is 2.51. The smallest absolute Gasteiger partial charge is 0.410 e. The third-order valence-electron chi connectivity index (χ3n) is 6.39. The second-order valence-corrected chi connectivity index (χ2v) is 9.67. The predicted molar refractivity (Wildman–Crippen MR) is 103 cm³/mol. The van der Waals surface area contributed by atoms with Gasteiger partial charge in [-0.05, 0) is 33.1 Å². The molecule has 1 aromatic heterocycles. The number of amides is 2. The molecule has 164 valence electrons. The zero-order chi connectivity index (χ0) is 21.0. The predicted octanol–water partition coefficient (Wildman–Crippen LogP) is 0.714. The number of likely N-dealkylation sites (tertiary alicyclic amines) is 2. The number of hydrogen-bond acceptors (Lipinski definition) is 8. The van der Waals surface area contributed by atoms with Crippen LogP contribution in [0.3, 0.4) is 0 Å². The van der Waals surface area contributed by atoms with Gasteiger partial charge in [-0.25, -0.2) is 4.79 Å². The van der Waals surface area contributed by atoms with Crippen molar-refractivity contribution in [2.24, 2.45) is 0 Å². The third-order valence-corrected chi connectivity index (χ3v) is 6.39. The molecule has 0 radical (unpaired) electrons. The van der Waals surface area contributed by atoms with Crippen molar-refractivity contribution in [2.75, 3.05) is 26.2 Å². The molecular weight excluding hydrogens is 390 g/mol. The van der Waals surface area contributed by atoms with Gasteiger partial charge in [-0.15, -0.1) is 10.2 Å². The van der Waals surface area contributed by atoms with Crippen molar-refractivity contribution in [3.8, 4) is 0 Å². The summed E-state index contributed by atoms with van der Waals surface area (Å²) in [5.74, 6) is 1.70. The largest absolute Gasteiger partial charge is 0.442 e. The monoisotopic (exact) mass is 419 g/mol. The Kier molecular flexibility index (Phi) is 4.73.